The van der Waals surface area contributed by atoms with E-state index in [9.17, 15) is 8.42 Å². The van der Waals surface area contributed by atoms with Gasteiger partial charge in [-0.05, 0) is 48.7 Å². The van der Waals surface area contributed by atoms with Gasteiger partial charge in [0.15, 0.2) is 0 Å². The second-order valence-corrected chi connectivity index (χ2v) is 7.03. The van der Waals surface area contributed by atoms with Crippen molar-refractivity contribution in [3.05, 3.63) is 59.7 Å². The normalized spacial score (nSPS) is 11.3. The number of aryl methyl sites for hydroxylation is 2. The maximum Gasteiger partial charge on any atom is 0.261 e. The molecule has 0 aliphatic heterocycles. The maximum absolute atomic E-state index is 12.3. The molecule has 0 saturated heterocycles. The van der Waals surface area contributed by atoms with Gasteiger partial charge in [-0.2, -0.15) is 0 Å². The number of rotatable bonds is 5. The number of sulfonamides is 1. The first kappa shape index (κ1) is 15.1. The van der Waals surface area contributed by atoms with Crippen molar-refractivity contribution in [1.29, 1.82) is 0 Å². The predicted octanol–water partition coefficient (Wildman–Crippen LogP) is 3.73. The predicted molar refractivity (Wildman–Crippen MR) is 85.9 cm³/mol. The molecule has 0 unspecified atom stereocenters. The molecule has 0 fully saturated rings. The topological polar surface area (TPSA) is 46.2 Å². The van der Waals surface area contributed by atoms with Crippen LogP contribution in [0.3, 0.4) is 0 Å². The number of hydrogen-bond donors (Lipinski definition) is 1. The largest absolute Gasteiger partial charge is 0.280 e. The first-order valence-corrected chi connectivity index (χ1v) is 8.86. The Kier molecular flexibility index (Phi) is 4.83. The van der Waals surface area contributed by atoms with E-state index >= 15 is 0 Å². The summed E-state index contributed by atoms with van der Waals surface area (Å²) < 4.78 is 27.1. The van der Waals surface area contributed by atoms with Gasteiger partial charge in [-0.3, -0.25) is 4.72 Å². The minimum absolute atomic E-state index is 0.275. The van der Waals surface area contributed by atoms with E-state index < -0.39 is 10.0 Å². The molecule has 3 nitrogen and oxygen atoms in total. The molecular weight excluding hydrogens is 338 g/mol. The molecular formula is C15H16BrNO2S. The number of anilines is 1. The summed E-state index contributed by atoms with van der Waals surface area (Å²) in [5.74, 6) is 0. The Labute approximate surface area is 128 Å². The van der Waals surface area contributed by atoms with Crippen molar-refractivity contribution >= 4 is 31.6 Å². The molecule has 0 aromatic heterocycles. The van der Waals surface area contributed by atoms with Gasteiger partial charge in [0, 0.05) is 11.0 Å². The van der Waals surface area contributed by atoms with Crippen molar-refractivity contribution in [1.82, 2.24) is 0 Å². The van der Waals surface area contributed by atoms with E-state index in [1.54, 1.807) is 24.3 Å². The van der Waals surface area contributed by atoms with Crippen molar-refractivity contribution in [2.75, 3.05) is 10.1 Å². The Morgan fingerprint density at radius 3 is 2.40 bits per heavy atom. The minimum atomic E-state index is -3.52. The Morgan fingerprint density at radius 1 is 1.10 bits per heavy atom. The molecule has 106 valence electrons. The third-order valence-electron chi connectivity index (χ3n) is 2.89. The lowest BCUT2D eigenvalue weighted by molar-refractivity contribution is 0.601. The minimum Gasteiger partial charge on any atom is -0.280 e. The van der Waals surface area contributed by atoms with E-state index in [1.807, 2.05) is 31.2 Å². The Bertz CT molecular complexity index is 681. The van der Waals surface area contributed by atoms with Crippen molar-refractivity contribution in [2.24, 2.45) is 0 Å². The average molecular weight is 354 g/mol. The molecule has 20 heavy (non-hydrogen) atoms. The molecule has 5 heteroatoms. The summed E-state index contributed by atoms with van der Waals surface area (Å²) in [6.45, 7) is 1.92. The van der Waals surface area contributed by atoms with Crippen molar-refractivity contribution in [3.63, 3.8) is 0 Å². The zero-order valence-electron chi connectivity index (χ0n) is 11.1. The molecule has 0 radical (unpaired) electrons. The molecule has 2 rings (SSSR count). The van der Waals surface area contributed by atoms with Crippen LogP contribution in [0.25, 0.3) is 0 Å². The van der Waals surface area contributed by atoms with Crippen LogP contribution in [0.15, 0.2) is 53.4 Å². The van der Waals surface area contributed by atoms with Gasteiger partial charge < -0.3 is 0 Å². The van der Waals surface area contributed by atoms with Crippen LogP contribution in [0.5, 0.6) is 0 Å². The fraction of sp³-hybridized carbons (Fsp3) is 0.200. The van der Waals surface area contributed by atoms with Gasteiger partial charge in [0.25, 0.3) is 10.0 Å². The highest BCUT2D eigenvalue weighted by atomic mass is 79.9. The molecule has 0 saturated carbocycles. The SMILES string of the molecule is Cc1cccc(NS(=O)(=O)c2ccc(CCBr)cc2)c1. The van der Waals surface area contributed by atoms with Gasteiger partial charge in [-0.15, -0.1) is 0 Å². The Hall–Kier alpha value is -1.33. The smallest absolute Gasteiger partial charge is 0.261 e. The molecule has 0 aliphatic rings. The summed E-state index contributed by atoms with van der Waals surface area (Å²) in [6, 6.07) is 14.2. The highest BCUT2D eigenvalue weighted by Gasteiger charge is 2.13. The third kappa shape index (κ3) is 3.84. The molecule has 0 aliphatic carbocycles. The summed E-state index contributed by atoms with van der Waals surface area (Å²) in [4.78, 5) is 0.275. The standard InChI is InChI=1S/C15H16BrNO2S/c1-12-3-2-4-14(11-12)17-20(18,19)15-7-5-13(6-8-15)9-10-16/h2-8,11,17H,9-10H2,1H3. The summed E-state index contributed by atoms with van der Waals surface area (Å²) in [7, 11) is -3.52. The van der Waals surface area contributed by atoms with Gasteiger partial charge in [-0.25, -0.2) is 8.42 Å². The molecule has 1 N–H and O–H groups in total. The first-order valence-electron chi connectivity index (χ1n) is 6.26. The van der Waals surface area contributed by atoms with Gasteiger partial charge in [-0.1, -0.05) is 40.2 Å². The molecule has 0 heterocycles. The van der Waals surface area contributed by atoms with Crippen LogP contribution in [0, 0.1) is 6.92 Å². The summed E-state index contributed by atoms with van der Waals surface area (Å²) in [5, 5.41) is 0.862. The van der Waals surface area contributed by atoms with Crippen molar-refractivity contribution < 1.29 is 8.42 Å². The molecule has 2 aromatic rings. The van der Waals surface area contributed by atoms with Crippen molar-refractivity contribution in [3.8, 4) is 0 Å². The number of benzene rings is 2. The number of alkyl halides is 1. The summed E-state index contributed by atoms with van der Waals surface area (Å²) >= 11 is 3.36. The molecule has 2 aromatic carbocycles. The highest BCUT2D eigenvalue weighted by Crippen LogP contribution is 2.17. The van der Waals surface area contributed by atoms with Crippen LogP contribution in [0.1, 0.15) is 11.1 Å². The van der Waals surface area contributed by atoms with Crippen LogP contribution in [0.4, 0.5) is 5.69 Å². The highest BCUT2D eigenvalue weighted by molar-refractivity contribution is 9.09. The van der Waals surface area contributed by atoms with Crippen LogP contribution >= 0.6 is 15.9 Å². The number of hydrogen-bond acceptors (Lipinski definition) is 2. The fourth-order valence-corrected chi connectivity index (χ4v) is 3.37. The van der Waals surface area contributed by atoms with E-state index in [0.717, 1.165) is 22.9 Å². The Morgan fingerprint density at radius 2 is 1.80 bits per heavy atom. The van der Waals surface area contributed by atoms with Crippen LogP contribution in [0.2, 0.25) is 0 Å². The van der Waals surface area contributed by atoms with E-state index in [0.29, 0.717) is 5.69 Å². The van der Waals surface area contributed by atoms with Gasteiger partial charge in [0.05, 0.1) is 4.90 Å². The third-order valence-corrected chi connectivity index (χ3v) is 4.68. The lowest BCUT2D eigenvalue weighted by Gasteiger charge is -2.09. The monoisotopic (exact) mass is 353 g/mol. The zero-order valence-corrected chi connectivity index (χ0v) is 13.5. The first-order chi connectivity index (χ1) is 9.51. The molecule has 0 bridgehead atoms. The zero-order chi connectivity index (χ0) is 14.6. The van der Waals surface area contributed by atoms with Gasteiger partial charge >= 0.3 is 0 Å². The second-order valence-electron chi connectivity index (χ2n) is 4.56. The van der Waals surface area contributed by atoms with Crippen LogP contribution in [-0.2, 0) is 16.4 Å². The van der Waals surface area contributed by atoms with Crippen LogP contribution in [-0.4, -0.2) is 13.7 Å². The van der Waals surface area contributed by atoms with Crippen molar-refractivity contribution in [2.45, 2.75) is 18.2 Å². The van der Waals surface area contributed by atoms with Gasteiger partial charge in [0.2, 0.25) is 0 Å². The van der Waals surface area contributed by atoms with E-state index in [4.69, 9.17) is 0 Å². The van der Waals surface area contributed by atoms with E-state index in [2.05, 4.69) is 20.7 Å². The van der Waals surface area contributed by atoms with E-state index in [1.165, 1.54) is 0 Å². The van der Waals surface area contributed by atoms with E-state index in [-0.39, 0.29) is 4.90 Å². The lowest BCUT2D eigenvalue weighted by Crippen LogP contribution is -2.13. The van der Waals surface area contributed by atoms with Gasteiger partial charge in [0.1, 0.15) is 0 Å². The fourth-order valence-electron chi connectivity index (χ4n) is 1.87. The summed E-state index contributed by atoms with van der Waals surface area (Å²) in [6.07, 6.45) is 0.881. The van der Waals surface area contributed by atoms with Crippen LogP contribution < -0.4 is 4.72 Å². The number of halogens is 1. The molecule has 0 spiro atoms. The lowest BCUT2D eigenvalue weighted by atomic mass is 10.2. The quantitative estimate of drug-likeness (QED) is 0.832. The molecule has 0 amide bonds. The maximum atomic E-state index is 12.3. The average Bonchev–Trinajstić information content (AvgIpc) is 2.39. The Balaban J connectivity index is 2.21. The molecule has 0 atom stereocenters. The number of nitrogens with one attached hydrogen (secondary N) is 1. The summed E-state index contributed by atoms with van der Waals surface area (Å²) in [5.41, 5.74) is 2.70. The second kappa shape index (κ2) is 6.41.